The van der Waals surface area contributed by atoms with Gasteiger partial charge < -0.3 is 15.4 Å². The fourth-order valence-electron chi connectivity index (χ4n) is 3.54. The first-order chi connectivity index (χ1) is 11.7. The van der Waals surface area contributed by atoms with E-state index in [0.29, 0.717) is 0 Å². The molecule has 3 rings (SSSR count). The lowest BCUT2D eigenvalue weighted by molar-refractivity contribution is -0.134. The van der Waals surface area contributed by atoms with Crippen LogP contribution in [-0.2, 0) is 9.53 Å². The van der Waals surface area contributed by atoms with Crippen LogP contribution in [0.2, 0.25) is 0 Å². The van der Waals surface area contributed by atoms with Gasteiger partial charge in [-0.15, -0.1) is 0 Å². The Kier molecular flexibility index (Phi) is 6.24. The lowest BCUT2D eigenvalue weighted by atomic mass is 9.88. The Bertz CT molecular complexity index is 526. The smallest absolute Gasteiger partial charge is 0.226 e. The van der Waals surface area contributed by atoms with E-state index < -0.39 is 0 Å². The zero-order valence-electron chi connectivity index (χ0n) is 14.6. The molecule has 2 aliphatic rings. The number of piperazine rings is 1. The Morgan fingerprint density at radius 3 is 2.79 bits per heavy atom. The number of ether oxygens (including phenoxy) is 1. The second-order valence-electron chi connectivity index (χ2n) is 6.83. The van der Waals surface area contributed by atoms with Gasteiger partial charge in [0.15, 0.2) is 0 Å². The number of hydrogen-bond acceptors (Lipinski definition) is 4. The summed E-state index contributed by atoms with van der Waals surface area (Å²) in [6.07, 6.45) is 1.74. The van der Waals surface area contributed by atoms with Gasteiger partial charge in [-0.1, -0.05) is 29.8 Å². The molecular weight excluding hydrogens is 302 g/mol. The summed E-state index contributed by atoms with van der Waals surface area (Å²) in [5.74, 6) is 0.0555. The van der Waals surface area contributed by atoms with Crippen LogP contribution < -0.4 is 10.6 Å². The second kappa shape index (κ2) is 8.60. The van der Waals surface area contributed by atoms with Crippen molar-refractivity contribution in [3.8, 4) is 0 Å². The quantitative estimate of drug-likeness (QED) is 0.858. The fourth-order valence-corrected chi connectivity index (χ4v) is 3.54. The minimum Gasteiger partial charge on any atom is -0.373 e. The third-order valence-electron chi connectivity index (χ3n) is 5.00. The van der Waals surface area contributed by atoms with Gasteiger partial charge in [-0.2, -0.15) is 0 Å². The first-order valence-corrected chi connectivity index (χ1v) is 9.13. The van der Waals surface area contributed by atoms with Crippen LogP contribution in [0, 0.1) is 12.8 Å². The average Bonchev–Trinajstić information content (AvgIpc) is 2.63. The average molecular weight is 331 g/mol. The van der Waals surface area contributed by atoms with Gasteiger partial charge in [-0.3, -0.25) is 9.69 Å². The highest BCUT2D eigenvalue weighted by atomic mass is 16.5. The number of aryl methyl sites for hydroxylation is 1. The van der Waals surface area contributed by atoms with Gasteiger partial charge in [0.2, 0.25) is 5.91 Å². The Hall–Kier alpha value is -1.43. The summed E-state index contributed by atoms with van der Waals surface area (Å²) in [7, 11) is 0. The van der Waals surface area contributed by atoms with Crippen LogP contribution in [0.5, 0.6) is 0 Å². The first kappa shape index (κ1) is 17.4. The van der Waals surface area contributed by atoms with Gasteiger partial charge in [0.1, 0.15) is 0 Å². The summed E-state index contributed by atoms with van der Waals surface area (Å²) < 4.78 is 5.95. The Morgan fingerprint density at radius 2 is 2.04 bits per heavy atom. The van der Waals surface area contributed by atoms with Crippen LogP contribution >= 0.6 is 0 Å². The predicted molar refractivity (Wildman–Crippen MR) is 94.9 cm³/mol. The van der Waals surface area contributed by atoms with E-state index in [0.717, 1.165) is 64.3 Å². The summed E-state index contributed by atoms with van der Waals surface area (Å²) in [6, 6.07) is 8.36. The molecule has 1 aromatic rings. The van der Waals surface area contributed by atoms with Gasteiger partial charge in [0.05, 0.1) is 12.0 Å². The van der Waals surface area contributed by atoms with Crippen molar-refractivity contribution < 1.29 is 9.53 Å². The van der Waals surface area contributed by atoms with Crippen LogP contribution in [0.1, 0.15) is 30.1 Å². The monoisotopic (exact) mass is 331 g/mol. The van der Waals surface area contributed by atoms with Gasteiger partial charge >= 0.3 is 0 Å². The summed E-state index contributed by atoms with van der Waals surface area (Å²) in [4.78, 5) is 15.1. The molecule has 2 N–H and O–H groups in total. The van der Waals surface area contributed by atoms with E-state index in [1.807, 2.05) is 0 Å². The lowest BCUT2D eigenvalue weighted by Crippen LogP contribution is -2.47. The van der Waals surface area contributed by atoms with Crippen LogP contribution in [0.15, 0.2) is 24.3 Å². The summed E-state index contributed by atoms with van der Waals surface area (Å²) in [5, 5.41) is 6.48. The Balaban J connectivity index is 1.54. The van der Waals surface area contributed by atoms with Gasteiger partial charge in [-0.05, 0) is 25.3 Å². The Morgan fingerprint density at radius 1 is 1.29 bits per heavy atom. The molecule has 5 heteroatoms. The molecule has 2 aliphatic heterocycles. The molecule has 1 amide bonds. The molecule has 0 bridgehead atoms. The summed E-state index contributed by atoms with van der Waals surface area (Å²) >= 11 is 0. The number of rotatable bonds is 5. The van der Waals surface area contributed by atoms with E-state index in [4.69, 9.17) is 4.74 Å². The molecule has 1 aromatic carbocycles. The zero-order valence-corrected chi connectivity index (χ0v) is 14.6. The largest absolute Gasteiger partial charge is 0.373 e. The van der Waals surface area contributed by atoms with Crippen LogP contribution in [0.3, 0.4) is 0 Å². The number of carbonyl (C=O) groups is 1. The molecule has 24 heavy (non-hydrogen) atoms. The molecule has 2 heterocycles. The molecule has 2 saturated heterocycles. The molecule has 0 spiro atoms. The molecule has 2 fully saturated rings. The van der Waals surface area contributed by atoms with E-state index in [1.165, 1.54) is 5.56 Å². The highest BCUT2D eigenvalue weighted by Crippen LogP contribution is 2.33. The maximum absolute atomic E-state index is 12.7. The van der Waals surface area contributed by atoms with Gasteiger partial charge in [0, 0.05) is 45.9 Å². The lowest BCUT2D eigenvalue weighted by Gasteiger charge is -2.32. The SMILES string of the molecule is Cc1ccc(C2OCCCC2C(=O)NCCN2CCNCC2)cc1. The van der Waals surface area contributed by atoms with Crippen LogP contribution in [0.25, 0.3) is 0 Å². The van der Waals surface area contributed by atoms with E-state index in [9.17, 15) is 4.79 Å². The molecule has 0 saturated carbocycles. The highest BCUT2D eigenvalue weighted by Gasteiger charge is 2.32. The van der Waals surface area contributed by atoms with Crippen LogP contribution in [-0.4, -0.2) is 56.7 Å². The van der Waals surface area contributed by atoms with E-state index >= 15 is 0 Å². The summed E-state index contributed by atoms with van der Waals surface area (Å²) in [5.41, 5.74) is 2.34. The van der Waals surface area contributed by atoms with Crippen molar-refractivity contribution in [2.75, 3.05) is 45.9 Å². The molecule has 0 radical (unpaired) electrons. The second-order valence-corrected chi connectivity index (χ2v) is 6.83. The number of nitrogens with zero attached hydrogens (tertiary/aromatic N) is 1. The van der Waals surface area contributed by atoms with Crippen LogP contribution in [0.4, 0.5) is 0 Å². The molecule has 132 valence electrons. The van der Waals surface area contributed by atoms with Crippen molar-refractivity contribution in [2.24, 2.45) is 5.92 Å². The molecule has 2 atom stereocenters. The third kappa shape index (κ3) is 4.56. The normalized spacial score (nSPS) is 25.4. The van der Waals surface area contributed by atoms with Crippen molar-refractivity contribution in [1.29, 1.82) is 0 Å². The predicted octanol–water partition coefficient (Wildman–Crippen LogP) is 1.48. The third-order valence-corrected chi connectivity index (χ3v) is 5.00. The number of amides is 1. The minimum absolute atomic E-state index is 0.0792. The molecular formula is C19H29N3O2. The number of nitrogens with one attached hydrogen (secondary N) is 2. The molecule has 2 unspecified atom stereocenters. The van der Waals surface area contributed by atoms with E-state index in [1.54, 1.807) is 0 Å². The molecule has 0 aromatic heterocycles. The topological polar surface area (TPSA) is 53.6 Å². The van der Waals surface area contributed by atoms with Crippen molar-refractivity contribution in [1.82, 2.24) is 15.5 Å². The minimum atomic E-state index is -0.112. The van der Waals surface area contributed by atoms with Crippen molar-refractivity contribution in [3.05, 3.63) is 35.4 Å². The maximum Gasteiger partial charge on any atom is 0.226 e. The first-order valence-electron chi connectivity index (χ1n) is 9.13. The zero-order chi connectivity index (χ0) is 16.8. The van der Waals surface area contributed by atoms with E-state index in [-0.39, 0.29) is 17.9 Å². The van der Waals surface area contributed by atoms with Crippen molar-refractivity contribution >= 4 is 5.91 Å². The number of hydrogen-bond donors (Lipinski definition) is 2. The van der Waals surface area contributed by atoms with E-state index in [2.05, 4.69) is 46.7 Å². The molecule has 5 nitrogen and oxygen atoms in total. The number of benzene rings is 1. The van der Waals surface area contributed by atoms with Crippen molar-refractivity contribution in [3.63, 3.8) is 0 Å². The number of carbonyl (C=O) groups excluding carboxylic acids is 1. The molecule has 0 aliphatic carbocycles. The Labute approximate surface area is 144 Å². The summed E-state index contributed by atoms with van der Waals surface area (Å²) in [6.45, 7) is 8.67. The van der Waals surface area contributed by atoms with Gasteiger partial charge in [-0.25, -0.2) is 0 Å². The fraction of sp³-hybridized carbons (Fsp3) is 0.632. The van der Waals surface area contributed by atoms with Crippen molar-refractivity contribution in [2.45, 2.75) is 25.9 Å². The highest BCUT2D eigenvalue weighted by molar-refractivity contribution is 5.79. The van der Waals surface area contributed by atoms with Gasteiger partial charge in [0.25, 0.3) is 0 Å². The standard InChI is InChI=1S/C19H29N3O2/c1-15-4-6-16(7-5-15)18-17(3-2-14-24-18)19(23)21-10-13-22-11-8-20-9-12-22/h4-7,17-18,20H,2-3,8-14H2,1H3,(H,21,23). The maximum atomic E-state index is 12.7.